The van der Waals surface area contributed by atoms with Gasteiger partial charge in [0.1, 0.15) is 12.4 Å². The zero-order valence-corrected chi connectivity index (χ0v) is 18.3. The molecule has 0 radical (unpaired) electrons. The molecule has 0 N–H and O–H groups in total. The zero-order valence-electron chi connectivity index (χ0n) is 18.3. The van der Waals surface area contributed by atoms with E-state index >= 15 is 0 Å². The van der Waals surface area contributed by atoms with E-state index in [0.717, 1.165) is 36.1 Å². The number of carbonyl (C=O) groups excluding carboxylic acids is 1. The van der Waals surface area contributed by atoms with Crippen LogP contribution >= 0.6 is 0 Å². The van der Waals surface area contributed by atoms with Crippen LogP contribution < -0.4 is 4.74 Å². The first-order valence-electron chi connectivity index (χ1n) is 10.9. The van der Waals surface area contributed by atoms with Crippen molar-refractivity contribution >= 4 is 5.97 Å². The molecule has 1 atom stereocenters. The summed E-state index contributed by atoms with van der Waals surface area (Å²) in [6.45, 7) is 0.336. The van der Waals surface area contributed by atoms with Gasteiger partial charge in [-0.15, -0.1) is 0 Å². The summed E-state index contributed by atoms with van der Waals surface area (Å²) in [5, 5.41) is 0. The van der Waals surface area contributed by atoms with Gasteiger partial charge in [-0.25, -0.2) is 0 Å². The first-order valence-corrected chi connectivity index (χ1v) is 10.9. The van der Waals surface area contributed by atoms with E-state index in [1.54, 1.807) is 6.07 Å². The summed E-state index contributed by atoms with van der Waals surface area (Å²) in [5.41, 5.74) is 2.33. The number of hydrogen-bond donors (Lipinski definition) is 0. The van der Waals surface area contributed by atoms with Crippen molar-refractivity contribution < 1.29 is 27.4 Å². The van der Waals surface area contributed by atoms with Crippen LogP contribution in [0.15, 0.2) is 72.8 Å². The minimum atomic E-state index is -4.40. The van der Waals surface area contributed by atoms with Crippen molar-refractivity contribution in [2.24, 2.45) is 5.92 Å². The molecule has 0 aliphatic heterocycles. The van der Waals surface area contributed by atoms with Crippen LogP contribution in [0.25, 0.3) is 11.1 Å². The molecule has 1 aliphatic carbocycles. The van der Waals surface area contributed by atoms with Crippen LogP contribution in [0.1, 0.15) is 41.9 Å². The highest BCUT2D eigenvalue weighted by Crippen LogP contribution is 2.41. The Morgan fingerprint density at radius 1 is 0.970 bits per heavy atom. The van der Waals surface area contributed by atoms with Gasteiger partial charge in [0.05, 0.1) is 18.6 Å². The predicted octanol–water partition coefficient (Wildman–Crippen LogP) is 7.01. The number of ether oxygens (including phenoxy) is 2. The van der Waals surface area contributed by atoms with Gasteiger partial charge in [-0.1, -0.05) is 61.4 Å². The Balaban J connectivity index is 1.69. The van der Waals surface area contributed by atoms with Gasteiger partial charge < -0.3 is 9.47 Å². The van der Waals surface area contributed by atoms with Crippen molar-refractivity contribution in [2.45, 2.75) is 38.0 Å². The van der Waals surface area contributed by atoms with Crippen LogP contribution in [0.2, 0.25) is 0 Å². The number of rotatable bonds is 8. The maximum atomic E-state index is 13.0. The van der Waals surface area contributed by atoms with Crippen molar-refractivity contribution in [2.75, 3.05) is 7.11 Å². The highest BCUT2D eigenvalue weighted by atomic mass is 19.4. The van der Waals surface area contributed by atoms with Gasteiger partial charge >= 0.3 is 12.1 Å². The summed E-state index contributed by atoms with van der Waals surface area (Å²) < 4.78 is 50.1. The summed E-state index contributed by atoms with van der Waals surface area (Å²) in [6, 6.07) is 20.2. The molecule has 0 saturated heterocycles. The fraction of sp³-hybridized carbons (Fsp3) is 0.296. The predicted molar refractivity (Wildman–Crippen MR) is 120 cm³/mol. The van der Waals surface area contributed by atoms with Crippen LogP contribution in [0.5, 0.6) is 5.75 Å². The molecule has 33 heavy (non-hydrogen) atoms. The van der Waals surface area contributed by atoms with Gasteiger partial charge in [-0.3, -0.25) is 4.79 Å². The molecule has 1 aliphatic rings. The second-order valence-corrected chi connectivity index (χ2v) is 8.39. The van der Waals surface area contributed by atoms with Gasteiger partial charge in [0, 0.05) is 0 Å². The van der Waals surface area contributed by atoms with Gasteiger partial charge in [-0.05, 0) is 58.9 Å². The number of carbonyl (C=O) groups is 1. The van der Waals surface area contributed by atoms with Gasteiger partial charge in [0.2, 0.25) is 0 Å². The number of benzene rings is 3. The summed E-state index contributed by atoms with van der Waals surface area (Å²) >= 11 is 0. The Kier molecular flexibility index (Phi) is 6.72. The third-order valence-electron chi connectivity index (χ3n) is 5.88. The molecule has 1 unspecified atom stereocenters. The average molecular weight is 454 g/mol. The molecule has 1 saturated carbocycles. The Morgan fingerprint density at radius 3 is 2.27 bits per heavy atom. The molecule has 3 nitrogen and oxygen atoms in total. The lowest BCUT2D eigenvalue weighted by Crippen LogP contribution is -2.15. The number of halogens is 3. The Morgan fingerprint density at radius 2 is 1.67 bits per heavy atom. The monoisotopic (exact) mass is 454 g/mol. The van der Waals surface area contributed by atoms with Crippen molar-refractivity contribution in [3.8, 4) is 16.9 Å². The first-order chi connectivity index (χ1) is 15.8. The van der Waals surface area contributed by atoms with Crippen LogP contribution in [-0.4, -0.2) is 13.1 Å². The SMILES string of the molecule is COC(=O)C(CC1CC1)c1cc(OCc2ccccc2)cc(-c2ccc(C(F)(F)F)cc2)c1. The molecule has 0 aromatic heterocycles. The second-order valence-electron chi connectivity index (χ2n) is 8.39. The molecular weight excluding hydrogens is 429 g/mol. The first kappa shape index (κ1) is 22.9. The van der Waals surface area contributed by atoms with E-state index in [-0.39, 0.29) is 5.97 Å². The maximum Gasteiger partial charge on any atom is 0.416 e. The molecule has 0 bridgehead atoms. The third kappa shape index (κ3) is 5.95. The zero-order chi connectivity index (χ0) is 23.4. The maximum absolute atomic E-state index is 13.0. The van der Waals surface area contributed by atoms with Crippen LogP contribution in [0.3, 0.4) is 0 Å². The lowest BCUT2D eigenvalue weighted by molar-refractivity contribution is -0.142. The average Bonchev–Trinajstić information content (AvgIpc) is 3.65. The van der Waals surface area contributed by atoms with E-state index in [0.29, 0.717) is 35.8 Å². The van der Waals surface area contributed by atoms with Crippen LogP contribution in [0.4, 0.5) is 13.2 Å². The van der Waals surface area contributed by atoms with Crippen LogP contribution in [0, 0.1) is 5.92 Å². The molecule has 3 aromatic carbocycles. The van der Waals surface area contributed by atoms with Crippen molar-refractivity contribution in [1.29, 1.82) is 0 Å². The minimum Gasteiger partial charge on any atom is -0.489 e. The standard InChI is InChI=1S/C27H25F3O3/c1-32-26(31)25(13-18-7-8-18)22-14-21(20-9-11-23(12-10-20)27(28,29)30)15-24(16-22)33-17-19-5-3-2-4-6-19/h2-6,9-12,14-16,18,25H,7-8,13,17H2,1H3. The van der Waals surface area contributed by atoms with E-state index < -0.39 is 17.7 Å². The summed E-state index contributed by atoms with van der Waals surface area (Å²) in [4.78, 5) is 12.6. The van der Waals surface area contributed by atoms with E-state index in [1.165, 1.54) is 19.2 Å². The van der Waals surface area contributed by atoms with E-state index in [2.05, 4.69) is 0 Å². The Labute approximate surface area is 191 Å². The van der Waals surface area contributed by atoms with Gasteiger partial charge in [0.25, 0.3) is 0 Å². The lowest BCUT2D eigenvalue weighted by Gasteiger charge is -2.18. The highest BCUT2D eigenvalue weighted by molar-refractivity contribution is 5.79. The van der Waals surface area contributed by atoms with Crippen LogP contribution in [-0.2, 0) is 22.3 Å². The van der Waals surface area contributed by atoms with Crippen molar-refractivity contribution in [3.63, 3.8) is 0 Å². The molecule has 0 heterocycles. The molecule has 3 aromatic rings. The lowest BCUT2D eigenvalue weighted by atomic mass is 9.90. The molecule has 172 valence electrons. The molecule has 1 fully saturated rings. The van der Waals surface area contributed by atoms with Gasteiger partial charge in [0.15, 0.2) is 0 Å². The van der Waals surface area contributed by atoms with Crippen molar-refractivity contribution in [3.05, 3.63) is 89.5 Å². The third-order valence-corrected chi connectivity index (χ3v) is 5.88. The summed E-state index contributed by atoms with van der Waals surface area (Å²) in [5.74, 6) is 0.268. The van der Waals surface area contributed by atoms with E-state index in [9.17, 15) is 18.0 Å². The quantitative estimate of drug-likeness (QED) is 0.344. The molecule has 0 amide bonds. The number of alkyl halides is 3. The second kappa shape index (κ2) is 9.69. The van der Waals surface area contributed by atoms with Gasteiger partial charge in [-0.2, -0.15) is 13.2 Å². The largest absolute Gasteiger partial charge is 0.489 e. The Hall–Kier alpha value is -3.28. The normalized spacial score (nSPS) is 14.5. The number of hydrogen-bond acceptors (Lipinski definition) is 3. The van der Waals surface area contributed by atoms with Crippen molar-refractivity contribution in [1.82, 2.24) is 0 Å². The molecule has 4 rings (SSSR count). The van der Waals surface area contributed by atoms with E-state index in [4.69, 9.17) is 9.47 Å². The molecule has 0 spiro atoms. The smallest absolute Gasteiger partial charge is 0.416 e. The fourth-order valence-corrected chi connectivity index (χ4v) is 3.86. The topological polar surface area (TPSA) is 35.5 Å². The van der Waals surface area contributed by atoms with E-state index in [1.807, 2.05) is 42.5 Å². The Bertz CT molecular complexity index is 1090. The molecular formula is C27H25F3O3. The highest BCUT2D eigenvalue weighted by Gasteiger charge is 2.32. The minimum absolute atomic E-state index is 0.319. The number of esters is 1. The summed E-state index contributed by atoms with van der Waals surface area (Å²) in [7, 11) is 1.37. The molecule has 6 heteroatoms. The number of methoxy groups -OCH3 is 1. The summed E-state index contributed by atoms with van der Waals surface area (Å²) in [6.07, 6.45) is -1.54. The fourth-order valence-electron chi connectivity index (χ4n) is 3.86.